The topological polar surface area (TPSA) is 0 Å². The average Bonchev–Trinajstić information content (AvgIpc) is 1.37. The lowest BCUT2D eigenvalue weighted by molar-refractivity contribution is 0.686. The van der Waals surface area contributed by atoms with Crippen molar-refractivity contribution in [3.8, 4) is 0 Å². The molecule has 0 unspecified atom stereocenters. The maximum Gasteiger partial charge on any atom is 0.611 e. The standard InChI is InChI=1S/C3HF/c1-2-3-4/h1H/q+2. The highest BCUT2D eigenvalue weighted by molar-refractivity contribution is 4.46. The van der Waals surface area contributed by atoms with Crippen molar-refractivity contribution in [1.82, 2.24) is 0 Å². The minimum absolute atomic E-state index is 0.958. The Morgan fingerprint density at radius 3 is 2.25 bits per heavy atom. The molecule has 0 bridgehead atoms. The van der Waals surface area contributed by atoms with Crippen molar-refractivity contribution in [1.29, 1.82) is 0 Å². The second kappa shape index (κ2) is 2.27. The van der Waals surface area contributed by atoms with Gasteiger partial charge in [0.25, 0.3) is 0 Å². The molecule has 0 aliphatic carbocycles. The van der Waals surface area contributed by atoms with Crippen molar-refractivity contribution in [2.24, 2.45) is 0 Å². The Balaban J connectivity index is 3.11. The van der Waals surface area contributed by atoms with E-state index in [1.54, 1.807) is 0 Å². The van der Waals surface area contributed by atoms with Crippen LogP contribution in [0.25, 0.3) is 0 Å². The first-order valence-corrected chi connectivity index (χ1v) is 0.728. The summed E-state index contributed by atoms with van der Waals surface area (Å²) in [7, 11) is 0. The summed E-state index contributed by atoms with van der Waals surface area (Å²) in [6.45, 7) is 4.29. The van der Waals surface area contributed by atoms with E-state index in [0.29, 0.717) is 0 Å². The summed E-state index contributed by atoms with van der Waals surface area (Å²) in [5, 5.41) is 0. The molecule has 1 heteroatoms. The fraction of sp³-hybridized carbons (Fsp3) is 0. The molecule has 0 heterocycles. The van der Waals surface area contributed by atoms with E-state index in [4.69, 9.17) is 0 Å². The van der Waals surface area contributed by atoms with Gasteiger partial charge in [0.15, 0.2) is 0 Å². The van der Waals surface area contributed by atoms with E-state index in [2.05, 4.69) is 6.58 Å². The number of rotatable bonds is 0. The van der Waals surface area contributed by atoms with Gasteiger partial charge in [-0.15, -0.1) is 0 Å². The summed E-state index contributed by atoms with van der Waals surface area (Å²) in [5.41, 5.74) is 1.51. The van der Waals surface area contributed by atoms with Crippen molar-refractivity contribution in [3.05, 3.63) is 18.6 Å². The fourth-order valence-electron chi connectivity index (χ4n) is 0. The molecule has 0 aliphatic heterocycles. The number of halogens is 1. The molecule has 0 N–H and O–H groups in total. The molecule has 0 aromatic heterocycles. The molecule has 0 amide bonds. The van der Waals surface area contributed by atoms with Gasteiger partial charge in [0, 0.05) is 0 Å². The summed E-state index contributed by atoms with van der Waals surface area (Å²) >= 11 is 0. The van der Waals surface area contributed by atoms with Gasteiger partial charge in [0.1, 0.15) is 4.39 Å². The van der Waals surface area contributed by atoms with Crippen molar-refractivity contribution < 1.29 is 4.39 Å². The van der Waals surface area contributed by atoms with Gasteiger partial charge in [-0.05, 0) is 0 Å². The Hall–Kier alpha value is -0.730. The average molecular weight is 56.0 g/mol. The molecule has 0 atom stereocenters. The van der Waals surface area contributed by atoms with Crippen LogP contribution in [0.5, 0.6) is 0 Å². The highest BCUT2D eigenvalue weighted by Crippen LogP contribution is 1.51. The van der Waals surface area contributed by atoms with E-state index in [1.165, 1.54) is 5.73 Å². The molecular formula is C3HF+2. The van der Waals surface area contributed by atoms with Crippen molar-refractivity contribution in [2.75, 3.05) is 0 Å². The van der Waals surface area contributed by atoms with E-state index in [-0.39, 0.29) is 0 Å². The quantitative estimate of drug-likeness (QED) is 0.285. The van der Waals surface area contributed by atoms with Crippen LogP contribution in [0.1, 0.15) is 0 Å². The second-order valence-electron chi connectivity index (χ2n) is 0.239. The first-order chi connectivity index (χ1) is 1.91. The van der Waals surface area contributed by atoms with Gasteiger partial charge in [-0.25, -0.2) is 0 Å². The Labute approximate surface area is 24.3 Å². The van der Waals surface area contributed by atoms with Crippen molar-refractivity contribution in [2.45, 2.75) is 0 Å². The zero-order chi connectivity index (χ0) is 3.41. The van der Waals surface area contributed by atoms with Crippen LogP contribution in [0.3, 0.4) is 0 Å². The van der Waals surface area contributed by atoms with Gasteiger partial charge in [0.2, 0.25) is 0 Å². The maximum absolute atomic E-state index is 10.2. The lowest BCUT2D eigenvalue weighted by Crippen LogP contribution is -1.13. The highest BCUT2D eigenvalue weighted by Gasteiger charge is 1.76. The van der Waals surface area contributed by atoms with Gasteiger partial charge < -0.3 is 0 Å². The van der Waals surface area contributed by atoms with Gasteiger partial charge >= 0.3 is 18.6 Å². The third-order valence-electron chi connectivity index (χ3n) is 0.0546. The Bertz CT molecular complexity index is 41.2. The monoisotopic (exact) mass is 56.0 g/mol. The fourth-order valence-corrected chi connectivity index (χ4v) is 0. The lowest BCUT2D eigenvalue weighted by atomic mass is 11.0. The third kappa shape index (κ3) is 1.27. The van der Waals surface area contributed by atoms with Gasteiger partial charge in [-0.2, -0.15) is 0 Å². The van der Waals surface area contributed by atoms with E-state index >= 15 is 0 Å². The van der Waals surface area contributed by atoms with Crippen molar-refractivity contribution >= 4 is 0 Å². The first kappa shape index (κ1) is 3.27. The molecule has 0 saturated heterocycles. The summed E-state index contributed by atoms with van der Waals surface area (Å²) in [6, 6.07) is 0. The summed E-state index contributed by atoms with van der Waals surface area (Å²) in [4.78, 5) is 0. The minimum atomic E-state index is 0.958. The zero-order valence-electron chi connectivity index (χ0n) is 1.96. The molecule has 18 valence electrons. The van der Waals surface area contributed by atoms with Crippen LogP contribution < -0.4 is 0 Å². The van der Waals surface area contributed by atoms with Crippen LogP contribution in [-0.2, 0) is 0 Å². The molecule has 0 rings (SSSR count). The van der Waals surface area contributed by atoms with Crippen LogP contribution in [0, 0.1) is 12.9 Å². The predicted molar refractivity (Wildman–Crippen MR) is 12.2 cm³/mol. The van der Waals surface area contributed by atoms with Crippen LogP contribution in [0.15, 0.2) is 5.73 Å². The van der Waals surface area contributed by atoms with E-state index in [0.717, 1.165) is 6.33 Å². The molecule has 0 aromatic rings. The molecule has 0 spiro atoms. The van der Waals surface area contributed by atoms with Crippen LogP contribution in [-0.4, -0.2) is 0 Å². The summed E-state index contributed by atoms with van der Waals surface area (Å²) in [5.74, 6) is 0. The first-order valence-electron chi connectivity index (χ1n) is 0.728. The normalized spacial score (nSPS) is 3.00. The van der Waals surface area contributed by atoms with Gasteiger partial charge in [0.05, 0.1) is 0 Å². The molecule has 0 aromatic carbocycles. The predicted octanol–water partition coefficient (Wildman–Crippen LogP) is 0.861. The lowest BCUT2D eigenvalue weighted by Gasteiger charge is -0.894. The summed E-state index contributed by atoms with van der Waals surface area (Å²) in [6.07, 6.45) is 0.958. The molecule has 0 fully saturated rings. The molecule has 4 heavy (non-hydrogen) atoms. The number of hydrogen-bond donors (Lipinski definition) is 0. The molecule has 0 radical (unpaired) electrons. The van der Waals surface area contributed by atoms with Crippen LogP contribution in [0.4, 0.5) is 4.39 Å². The SMILES string of the molecule is [CH+]=C=[C+]F. The molecule has 0 aliphatic rings. The molecule has 0 nitrogen and oxygen atoms in total. The Kier molecular flexibility index (Phi) is 1.86. The number of hydrogen-bond acceptors (Lipinski definition) is 0. The van der Waals surface area contributed by atoms with Crippen LogP contribution in [0.2, 0.25) is 0 Å². The van der Waals surface area contributed by atoms with E-state index in [9.17, 15) is 4.39 Å². The molecule has 0 saturated carbocycles. The molecular weight excluding hydrogens is 55.0 g/mol. The van der Waals surface area contributed by atoms with Crippen LogP contribution >= 0.6 is 0 Å². The largest absolute Gasteiger partial charge is 0.611 e. The maximum atomic E-state index is 10.2. The minimum Gasteiger partial charge on any atom is 0.107 e. The van der Waals surface area contributed by atoms with Gasteiger partial charge in [-0.1, -0.05) is 0 Å². The Morgan fingerprint density at radius 1 is 2.00 bits per heavy atom. The highest BCUT2D eigenvalue weighted by atomic mass is 19.1. The van der Waals surface area contributed by atoms with Gasteiger partial charge in [-0.3, -0.25) is 0 Å². The Morgan fingerprint density at radius 2 is 2.25 bits per heavy atom. The second-order valence-corrected chi connectivity index (χ2v) is 0.239. The van der Waals surface area contributed by atoms with E-state index in [1.807, 2.05) is 0 Å². The van der Waals surface area contributed by atoms with E-state index < -0.39 is 0 Å². The zero-order valence-corrected chi connectivity index (χ0v) is 1.96. The summed E-state index contributed by atoms with van der Waals surface area (Å²) < 4.78 is 10.2. The smallest absolute Gasteiger partial charge is 0.107 e. The van der Waals surface area contributed by atoms with Crippen molar-refractivity contribution in [3.63, 3.8) is 0 Å². The third-order valence-corrected chi connectivity index (χ3v) is 0.0546.